The lowest BCUT2D eigenvalue weighted by molar-refractivity contribution is -0.139. The van der Waals surface area contributed by atoms with E-state index < -0.39 is 6.10 Å². The molecule has 1 unspecified atom stereocenters. The summed E-state index contributed by atoms with van der Waals surface area (Å²) in [6, 6.07) is 18.3. The van der Waals surface area contributed by atoms with E-state index in [-0.39, 0.29) is 5.91 Å². The summed E-state index contributed by atoms with van der Waals surface area (Å²) >= 11 is 5.97. The Kier molecular flexibility index (Phi) is 6.61. The van der Waals surface area contributed by atoms with Crippen molar-refractivity contribution in [3.05, 3.63) is 83.3 Å². The van der Waals surface area contributed by atoms with Crippen LogP contribution in [0.4, 0.5) is 0 Å². The van der Waals surface area contributed by atoms with Gasteiger partial charge in [0.2, 0.25) is 0 Å². The smallest absolute Gasteiger partial charge is 0.264 e. The molecule has 0 N–H and O–H groups in total. The average molecular weight is 400 g/mol. The second-order valence-electron chi connectivity index (χ2n) is 6.31. The van der Waals surface area contributed by atoms with Gasteiger partial charge >= 0.3 is 0 Å². The molecular weight excluding hydrogens is 378 g/mol. The van der Waals surface area contributed by atoms with E-state index in [1.807, 2.05) is 30.3 Å². The third kappa shape index (κ3) is 5.08. The highest BCUT2D eigenvalue weighted by Crippen LogP contribution is 2.27. The Morgan fingerprint density at radius 3 is 2.39 bits per heavy atom. The van der Waals surface area contributed by atoms with Crippen LogP contribution in [-0.4, -0.2) is 24.0 Å². The van der Waals surface area contributed by atoms with Gasteiger partial charge in [-0.3, -0.25) is 4.79 Å². The molecule has 0 aliphatic rings. The SMILES string of the molecule is COc1ccccc1OC(C)C(=O)N(Cc1ccc(Cl)cc1)Cc1ccco1. The van der Waals surface area contributed by atoms with Crippen molar-refractivity contribution >= 4 is 17.5 Å². The topological polar surface area (TPSA) is 51.9 Å². The Labute approximate surface area is 169 Å². The number of hydrogen-bond acceptors (Lipinski definition) is 4. The van der Waals surface area contributed by atoms with Crippen molar-refractivity contribution in [3.63, 3.8) is 0 Å². The highest BCUT2D eigenvalue weighted by atomic mass is 35.5. The molecule has 1 atom stereocenters. The minimum Gasteiger partial charge on any atom is -0.493 e. The summed E-state index contributed by atoms with van der Waals surface area (Å²) in [5.74, 6) is 1.65. The maximum Gasteiger partial charge on any atom is 0.264 e. The highest BCUT2D eigenvalue weighted by molar-refractivity contribution is 6.30. The largest absolute Gasteiger partial charge is 0.493 e. The van der Waals surface area contributed by atoms with E-state index in [1.54, 1.807) is 55.5 Å². The molecule has 28 heavy (non-hydrogen) atoms. The Morgan fingerprint density at radius 2 is 1.75 bits per heavy atom. The van der Waals surface area contributed by atoms with Crippen molar-refractivity contribution < 1.29 is 18.7 Å². The molecule has 0 saturated heterocycles. The molecule has 146 valence electrons. The Morgan fingerprint density at radius 1 is 1.04 bits per heavy atom. The molecule has 1 amide bonds. The van der Waals surface area contributed by atoms with Crippen molar-refractivity contribution in [2.45, 2.75) is 26.1 Å². The zero-order chi connectivity index (χ0) is 19.9. The summed E-state index contributed by atoms with van der Waals surface area (Å²) in [6.07, 6.45) is 0.897. The molecule has 0 saturated carbocycles. The van der Waals surface area contributed by atoms with Crippen LogP contribution in [0.15, 0.2) is 71.3 Å². The molecule has 0 fully saturated rings. The second kappa shape index (κ2) is 9.33. The van der Waals surface area contributed by atoms with Gasteiger partial charge in [0, 0.05) is 11.6 Å². The molecule has 1 heterocycles. The number of amides is 1. The normalized spacial score (nSPS) is 11.7. The third-order valence-electron chi connectivity index (χ3n) is 4.25. The van der Waals surface area contributed by atoms with Crippen LogP contribution in [0.1, 0.15) is 18.2 Å². The van der Waals surface area contributed by atoms with Crippen LogP contribution in [0.25, 0.3) is 0 Å². The summed E-state index contributed by atoms with van der Waals surface area (Å²) in [7, 11) is 1.57. The van der Waals surface area contributed by atoms with Gasteiger partial charge in [-0.1, -0.05) is 35.9 Å². The monoisotopic (exact) mass is 399 g/mol. The fraction of sp³-hybridized carbons (Fsp3) is 0.227. The van der Waals surface area contributed by atoms with Crippen molar-refractivity contribution in [3.8, 4) is 11.5 Å². The van der Waals surface area contributed by atoms with E-state index in [9.17, 15) is 4.79 Å². The first kappa shape index (κ1) is 19.8. The zero-order valence-corrected chi connectivity index (χ0v) is 16.6. The molecule has 3 rings (SSSR count). The Hall–Kier alpha value is -2.92. The highest BCUT2D eigenvalue weighted by Gasteiger charge is 2.24. The first-order valence-electron chi connectivity index (χ1n) is 8.92. The number of rotatable bonds is 8. The number of ether oxygens (including phenoxy) is 2. The average Bonchev–Trinajstić information content (AvgIpc) is 3.22. The number of carbonyl (C=O) groups excluding carboxylic acids is 1. The lowest BCUT2D eigenvalue weighted by Gasteiger charge is -2.26. The fourth-order valence-electron chi connectivity index (χ4n) is 2.83. The standard InChI is InChI=1S/C22H22ClNO4/c1-16(28-21-8-4-3-7-20(21)26-2)22(25)24(15-19-6-5-13-27-19)14-17-9-11-18(23)12-10-17/h3-13,16H,14-15H2,1-2H3. The van der Waals surface area contributed by atoms with Gasteiger partial charge in [-0.2, -0.15) is 0 Å². The number of carbonyl (C=O) groups is 1. The van der Waals surface area contributed by atoms with Crippen molar-refractivity contribution in [2.24, 2.45) is 0 Å². The predicted octanol–water partition coefficient (Wildman–Crippen LogP) is 4.94. The van der Waals surface area contributed by atoms with Crippen molar-refractivity contribution in [2.75, 3.05) is 7.11 Å². The van der Waals surface area contributed by atoms with Crippen LogP contribution < -0.4 is 9.47 Å². The molecule has 1 aromatic heterocycles. The first-order valence-corrected chi connectivity index (χ1v) is 9.30. The van der Waals surface area contributed by atoms with Gasteiger partial charge in [0.25, 0.3) is 5.91 Å². The predicted molar refractivity (Wildman–Crippen MR) is 107 cm³/mol. The minimum absolute atomic E-state index is 0.155. The van der Waals surface area contributed by atoms with Gasteiger partial charge in [0.05, 0.1) is 19.9 Å². The van der Waals surface area contributed by atoms with Gasteiger partial charge in [-0.25, -0.2) is 0 Å². The van der Waals surface area contributed by atoms with Gasteiger partial charge in [-0.15, -0.1) is 0 Å². The fourth-order valence-corrected chi connectivity index (χ4v) is 2.95. The van der Waals surface area contributed by atoms with Gasteiger partial charge in [0.15, 0.2) is 17.6 Å². The molecule has 2 aromatic carbocycles. The van der Waals surface area contributed by atoms with Crippen molar-refractivity contribution in [1.29, 1.82) is 0 Å². The molecule has 0 radical (unpaired) electrons. The number of furan rings is 1. The third-order valence-corrected chi connectivity index (χ3v) is 4.50. The maximum absolute atomic E-state index is 13.1. The number of hydrogen-bond donors (Lipinski definition) is 0. The molecule has 0 spiro atoms. The summed E-state index contributed by atoms with van der Waals surface area (Å²) in [6.45, 7) is 2.48. The second-order valence-corrected chi connectivity index (χ2v) is 6.75. The summed E-state index contributed by atoms with van der Waals surface area (Å²) in [4.78, 5) is 14.8. The van der Waals surface area contributed by atoms with Crippen molar-refractivity contribution in [1.82, 2.24) is 4.90 Å². The van der Waals surface area contributed by atoms with E-state index in [0.717, 1.165) is 5.56 Å². The Balaban J connectivity index is 1.77. The molecule has 0 bridgehead atoms. The first-order chi connectivity index (χ1) is 13.6. The molecular formula is C22H22ClNO4. The maximum atomic E-state index is 13.1. The van der Waals surface area contributed by atoms with Crippen LogP contribution in [0.2, 0.25) is 5.02 Å². The molecule has 3 aromatic rings. The van der Waals surface area contributed by atoms with E-state index in [4.69, 9.17) is 25.5 Å². The van der Waals surface area contributed by atoms with Crippen LogP contribution in [0.5, 0.6) is 11.5 Å². The van der Waals surface area contributed by atoms with E-state index in [0.29, 0.717) is 35.4 Å². The summed E-state index contributed by atoms with van der Waals surface area (Å²) in [5, 5.41) is 0.653. The number of halogens is 1. The van der Waals surface area contributed by atoms with Crippen LogP contribution in [-0.2, 0) is 17.9 Å². The number of benzene rings is 2. The minimum atomic E-state index is -0.696. The lowest BCUT2D eigenvalue weighted by atomic mass is 10.2. The van der Waals surface area contributed by atoms with Gasteiger partial charge in [-0.05, 0) is 48.9 Å². The number of para-hydroxylation sites is 2. The lowest BCUT2D eigenvalue weighted by Crippen LogP contribution is -2.39. The molecule has 5 nitrogen and oxygen atoms in total. The van der Waals surface area contributed by atoms with Gasteiger partial charge in [0.1, 0.15) is 5.76 Å². The molecule has 0 aliphatic heterocycles. The summed E-state index contributed by atoms with van der Waals surface area (Å²) in [5.41, 5.74) is 0.966. The zero-order valence-electron chi connectivity index (χ0n) is 15.8. The van der Waals surface area contributed by atoms with Crippen LogP contribution >= 0.6 is 11.6 Å². The van der Waals surface area contributed by atoms with E-state index >= 15 is 0 Å². The quantitative estimate of drug-likeness (QED) is 0.538. The summed E-state index contributed by atoms with van der Waals surface area (Å²) < 4.78 is 16.6. The van der Waals surface area contributed by atoms with E-state index in [2.05, 4.69) is 0 Å². The number of methoxy groups -OCH3 is 1. The molecule has 0 aliphatic carbocycles. The Bertz CT molecular complexity index is 893. The molecule has 6 heteroatoms. The van der Waals surface area contributed by atoms with Crippen LogP contribution in [0.3, 0.4) is 0 Å². The number of nitrogens with zero attached hydrogens (tertiary/aromatic N) is 1. The van der Waals surface area contributed by atoms with Gasteiger partial charge < -0.3 is 18.8 Å². The van der Waals surface area contributed by atoms with Crippen LogP contribution in [0, 0.1) is 0 Å². The van der Waals surface area contributed by atoms with E-state index in [1.165, 1.54) is 0 Å².